The monoisotopic (exact) mass is 360 g/mol. The lowest BCUT2D eigenvalue weighted by Gasteiger charge is -2.03. The number of rotatable bonds is 2. The van der Waals surface area contributed by atoms with Gasteiger partial charge < -0.3 is 0 Å². The first-order valence-corrected chi connectivity index (χ1v) is 9.81. The Hall–Kier alpha value is -3.23. The van der Waals surface area contributed by atoms with E-state index in [9.17, 15) is 9.00 Å². The van der Waals surface area contributed by atoms with Gasteiger partial charge in [-0.15, -0.1) is 0 Å². The molecule has 0 saturated carbocycles. The van der Waals surface area contributed by atoms with Crippen LogP contribution in [-0.2, 0) is 9.73 Å². The molecule has 4 nitrogen and oxygen atoms in total. The first-order valence-electron chi connectivity index (χ1n) is 7.88. The molecule has 3 rings (SSSR count). The van der Waals surface area contributed by atoms with Crippen LogP contribution >= 0.6 is 0 Å². The largest absolute Gasteiger partial charge is 0.286 e. The van der Waals surface area contributed by atoms with Crippen molar-refractivity contribution in [3.63, 3.8) is 0 Å². The Morgan fingerprint density at radius 2 is 1.54 bits per heavy atom. The minimum absolute atomic E-state index is 0.260. The molecule has 5 heteroatoms. The lowest BCUT2D eigenvalue weighted by Crippen LogP contribution is -2.04. The van der Waals surface area contributed by atoms with Crippen LogP contribution in [0, 0.1) is 11.8 Å². The molecule has 0 N–H and O–H groups in total. The van der Waals surface area contributed by atoms with E-state index in [1.54, 1.807) is 36.5 Å². The minimum Gasteiger partial charge on any atom is -0.266 e. The third-order valence-electron chi connectivity index (χ3n) is 3.55. The van der Waals surface area contributed by atoms with E-state index >= 15 is 0 Å². The van der Waals surface area contributed by atoms with Crippen LogP contribution in [0.4, 0.5) is 0 Å². The number of aromatic nitrogens is 1. The minimum atomic E-state index is -2.81. The van der Waals surface area contributed by atoms with Gasteiger partial charge in [-0.3, -0.25) is 9.78 Å². The number of hydrogen-bond donors (Lipinski definition) is 0. The molecule has 0 aliphatic carbocycles. The number of carbonyl (C=O) groups is 1. The first-order chi connectivity index (χ1) is 12.5. The quantitative estimate of drug-likeness (QED) is 0.654. The molecule has 0 saturated heterocycles. The van der Waals surface area contributed by atoms with Crippen LogP contribution in [0.25, 0.3) is 0 Å². The Balaban J connectivity index is 1.89. The van der Waals surface area contributed by atoms with Crippen molar-refractivity contribution < 1.29 is 9.00 Å². The summed E-state index contributed by atoms with van der Waals surface area (Å²) in [5.74, 6) is 5.41. The molecule has 1 atom stereocenters. The summed E-state index contributed by atoms with van der Waals surface area (Å²) in [6, 6.07) is 19.9. The fraction of sp³-hybridized carbons (Fsp3) is 0.0476. The van der Waals surface area contributed by atoms with Crippen molar-refractivity contribution in [1.82, 2.24) is 4.98 Å². The predicted molar refractivity (Wildman–Crippen MR) is 102 cm³/mol. The van der Waals surface area contributed by atoms with Gasteiger partial charge in [0.2, 0.25) is 0 Å². The number of pyridine rings is 1. The number of hydrogen-bond acceptors (Lipinski definition) is 3. The maximum absolute atomic E-state index is 12.7. The summed E-state index contributed by atoms with van der Waals surface area (Å²) in [6.07, 6.45) is 4.43. The third-order valence-corrected chi connectivity index (χ3v) is 5.21. The molecule has 2 aromatic carbocycles. The highest BCUT2D eigenvalue weighted by Crippen LogP contribution is 2.13. The molecular weight excluding hydrogens is 344 g/mol. The number of nitrogens with zero attached hydrogens (tertiary/aromatic N) is 2. The SMILES string of the molecule is C[S@@](=O)(=NC(=O)c1cncc(C#Cc2ccccc2)c1)c1ccccc1. The lowest BCUT2D eigenvalue weighted by atomic mass is 10.2. The Morgan fingerprint density at radius 1 is 0.923 bits per heavy atom. The zero-order chi connectivity index (χ0) is 18.4. The van der Waals surface area contributed by atoms with Gasteiger partial charge in [-0.2, -0.15) is 4.36 Å². The van der Waals surface area contributed by atoms with Gasteiger partial charge in [0, 0.05) is 34.7 Å². The zero-order valence-electron chi connectivity index (χ0n) is 14.1. The molecule has 0 bridgehead atoms. The van der Waals surface area contributed by atoms with Crippen molar-refractivity contribution in [3.05, 3.63) is 95.8 Å². The summed E-state index contributed by atoms with van der Waals surface area (Å²) in [6.45, 7) is 0. The van der Waals surface area contributed by atoms with Gasteiger partial charge in [0.25, 0.3) is 5.91 Å². The van der Waals surface area contributed by atoms with Crippen molar-refractivity contribution in [2.45, 2.75) is 4.90 Å². The molecule has 1 amide bonds. The van der Waals surface area contributed by atoms with Crippen LogP contribution in [-0.4, -0.2) is 21.4 Å². The maximum atomic E-state index is 12.7. The predicted octanol–water partition coefficient (Wildman–Crippen LogP) is 3.78. The number of carbonyl (C=O) groups excluding carboxylic acids is 1. The Labute approximate surface area is 153 Å². The molecule has 0 unspecified atom stereocenters. The van der Waals surface area contributed by atoms with Gasteiger partial charge in [0.05, 0.1) is 15.3 Å². The van der Waals surface area contributed by atoms with E-state index < -0.39 is 15.6 Å². The highest BCUT2D eigenvalue weighted by atomic mass is 32.2. The summed E-state index contributed by atoms with van der Waals surface area (Å²) in [5.41, 5.74) is 1.72. The Bertz CT molecular complexity index is 1100. The zero-order valence-corrected chi connectivity index (χ0v) is 14.9. The van der Waals surface area contributed by atoms with E-state index in [1.807, 2.05) is 36.4 Å². The van der Waals surface area contributed by atoms with E-state index in [-0.39, 0.29) is 5.56 Å². The molecular formula is C21H16N2O2S. The van der Waals surface area contributed by atoms with E-state index in [2.05, 4.69) is 21.2 Å². The van der Waals surface area contributed by atoms with Crippen LogP contribution in [0.15, 0.2) is 88.4 Å². The van der Waals surface area contributed by atoms with Gasteiger partial charge in [0.1, 0.15) is 0 Å². The van der Waals surface area contributed by atoms with Crippen LogP contribution < -0.4 is 0 Å². The normalized spacial score (nSPS) is 12.3. The van der Waals surface area contributed by atoms with Crippen LogP contribution in [0.2, 0.25) is 0 Å². The highest BCUT2D eigenvalue weighted by molar-refractivity contribution is 7.93. The average Bonchev–Trinajstić information content (AvgIpc) is 2.68. The average molecular weight is 360 g/mol. The van der Waals surface area contributed by atoms with E-state index in [4.69, 9.17) is 0 Å². The molecule has 128 valence electrons. The van der Waals surface area contributed by atoms with Crippen molar-refractivity contribution in [2.75, 3.05) is 6.26 Å². The smallest absolute Gasteiger partial charge is 0.266 e. The molecule has 0 aliphatic heterocycles. The van der Waals surface area contributed by atoms with Crippen molar-refractivity contribution >= 4 is 15.6 Å². The van der Waals surface area contributed by atoms with Crippen molar-refractivity contribution in [3.8, 4) is 11.8 Å². The summed E-state index contributed by atoms with van der Waals surface area (Å²) >= 11 is 0. The molecule has 1 aromatic heterocycles. The van der Waals surface area contributed by atoms with E-state index in [1.165, 1.54) is 12.5 Å². The van der Waals surface area contributed by atoms with E-state index in [0.29, 0.717) is 10.5 Å². The Morgan fingerprint density at radius 3 is 2.23 bits per heavy atom. The summed E-state index contributed by atoms with van der Waals surface area (Å²) in [5, 5.41) is 0. The fourth-order valence-electron chi connectivity index (χ4n) is 2.23. The van der Waals surface area contributed by atoms with Gasteiger partial charge in [-0.1, -0.05) is 48.2 Å². The molecule has 3 aromatic rings. The van der Waals surface area contributed by atoms with Crippen LogP contribution in [0.3, 0.4) is 0 Å². The van der Waals surface area contributed by atoms with E-state index in [0.717, 1.165) is 5.56 Å². The molecule has 1 heterocycles. The second kappa shape index (κ2) is 7.77. The fourth-order valence-corrected chi connectivity index (χ4v) is 3.42. The highest BCUT2D eigenvalue weighted by Gasteiger charge is 2.11. The maximum Gasteiger partial charge on any atom is 0.286 e. The summed E-state index contributed by atoms with van der Waals surface area (Å²) in [7, 11) is -2.81. The van der Waals surface area contributed by atoms with Crippen LogP contribution in [0.5, 0.6) is 0 Å². The standard InChI is InChI=1S/C21H16N2O2S/c1-26(25,20-10-6-3-7-11-20)23-21(24)19-14-18(15-22-16-19)13-12-17-8-4-2-5-9-17/h2-11,14-16H,1H3/t26-/m0/s1. The molecule has 26 heavy (non-hydrogen) atoms. The van der Waals surface area contributed by atoms with Gasteiger partial charge in [-0.25, -0.2) is 4.21 Å². The van der Waals surface area contributed by atoms with Gasteiger partial charge in [-0.05, 0) is 30.3 Å². The van der Waals surface area contributed by atoms with Crippen LogP contribution in [0.1, 0.15) is 21.5 Å². The molecule has 0 aliphatic rings. The second-order valence-electron chi connectivity index (χ2n) is 5.59. The lowest BCUT2D eigenvalue weighted by molar-refractivity contribution is 0.100. The Kier molecular flexibility index (Phi) is 5.26. The summed E-state index contributed by atoms with van der Waals surface area (Å²) in [4.78, 5) is 17.0. The third kappa shape index (κ3) is 4.44. The van der Waals surface area contributed by atoms with Crippen molar-refractivity contribution in [1.29, 1.82) is 0 Å². The number of benzene rings is 2. The molecule has 0 fully saturated rings. The van der Waals surface area contributed by atoms with Gasteiger partial charge >= 0.3 is 0 Å². The number of amides is 1. The first kappa shape index (κ1) is 17.6. The van der Waals surface area contributed by atoms with Gasteiger partial charge in [0.15, 0.2) is 0 Å². The summed E-state index contributed by atoms with van der Waals surface area (Å²) < 4.78 is 16.6. The van der Waals surface area contributed by atoms with Crippen molar-refractivity contribution in [2.24, 2.45) is 4.36 Å². The molecule has 0 spiro atoms. The molecule has 0 radical (unpaired) electrons. The second-order valence-corrected chi connectivity index (χ2v) is 7.85. The topological polar surface area (TPSA) is 59.4 Å².